The molecule has 118 valence electrons. The molecule has 1 saturated heterocycles. The van der Waals surface area contributed by atoms with E-state index in [0.29, 0.717) is 4.88 Å². The lowest BCUT2D eigenvalue weighted by Gasteiger charge is -2.24. The summed E-state index contributed by atoms with van der Waals surface area (Å²) in [5.74, 6) is 0.995. The van der Waals surface area contributed by atoms with E-state index in [1.165, 1.54) is 0 Å². The van der Waals surface area contributed by atoms with Crippen LogP contribution in [0.2, 0.25) is 0 Å². The molecule has 1 fully saturated rings. The molecule has 6 nitrogen and oxygen atoms in total. The Bertz CT molecular complexity index is 841. The van der Waals surface area contributed by atoms with Gasteiger partial charge >= 0.3 is 0 Å². The number of aryl methyl sites for hydroxylation is 1. The first-order valence-corrected chi connectivity index (χ1v) is 8.60. The van der Waals surface area contributed by atoms with Gasteiger partial charge < -0.3 is 9.47 Å². The van der Waals surface area contributed by atoms with Gasteiger partial charge in [-0.1, -0.05) is 16.6 Å². The predicted octanol–water partition coefficient (Wildman–Crippen LogP) is 2.89. The number of rotatable bonds is 3. The molecule has 23 heavy (non-hydrogen) atoms. The van der Waals surface area contributed by atoms with Crippen molar-refractivity contribution in [1.82, 2.24) is 24.0 Å². The SMILES string of the molecule is CCn1c([C@@H]2CCCN2C(=O)c2cnns2)nc2ccccc21. The Morgan fingerprint density at radius 1 is 1.39 bits per heavy atom. The van der Waals surface area contributed by atoms with Crippen LogP contribution >= 0.6 is 11.5 Å². The first-order chi connectivity index (χ1) is 11.3. The highest BCUT2D eigenvalue weighted by Crippen LogP contribution is 2.34. The summed E-state index contributed by atoms with van der Waals surface area (Å²) in [5.41, 5.74) is 2.12. The van der Waals surface area contributed by atoms with Crippen LogP contribution in [0.4, 0.5) is 0 Å². The number of hydrogen-bond acceptors (Lipinski definition) is 5. The molecular weight excluding hydrogens is 310 g/mol. The Kier molecular flexibility index (Phi) is 3.57. The van der Waals surface area contributed by atoms with Crippen molar-refractivity contribution in [3.05, 3.63) is 41.2 Å². The van der Waals surface area contributed by atoms with E-state index in [1.54, 1.807) is 6.20 Å². The van der Waals surface area contributed by atoms with Crippen molar-refractivity contribution >= 4 is 28.5 Å². The third-order valence-electron chi connectivity index (χ3n) is 4.38. The quantitative estimate of drug-likeness (QED) is 0.742. The molecule has 0 N–H and O–H groups in total. The molecule has 4 rings (SSSR count). The third-order valence-corrected chi connectivity index (χ3v) is 5.04. The molecular formula is C16H17N5OS. The van der Waals surface area contributed by atoms with Gasteiger partial charge in [-0.2, -0.15) is 0 Å². The van der Waals surface area contributed by atoms with Crippen molar-refractivity contribution < 1.29 is 4.79 Å². The first-order valence-electron chi connectivity index (χ1n) is 7.83. The second-order valence-electron chi connectivity index (χ2n) is 5.64. The highest BCUT2D eigenvalue weighted by atomic mass is 32.1. The number of hydrogen-bond donors (Lipinski definition) is 0. The van der Waals surface area contributed by atoms with Gasteiger partial charge in [-0.05, 0) is 43.4 Å². The van der Waals surface area contributed by atoms with Gasteiger partial charge in [-0.3, -0.25) is 4.79 Å². The molecule has 0 spiro atoms. The zero-order valence-corrected chi connectivity index (χ0v) is 13.7. The molecule has 1 aliphatic rings. The number of carbonyl (C=O) groups is 1. The van der Waals surface area contributed by atoms with Crippen LogP contribution in [-0.2, 0) is 6.54 Å². The molecule has 0 aliphatic carbocycles. The summed E-state index contributed by atoms with van der Waals surface area (Å²) in [4.78, 5) is 20.1. The van der Waals surface area contributed by atoms with Crippen molar-refractivity contribution in [3.63, 3.8) is 0 Å². The molecule has 0 saturated carbocycles. The fourth-order valence-electron chi connectivity index (χ4n) is 3.36. The summed E-state index contributed by atoms with van der Waals surface area (Å²) < 4.78 is 6.02. The summed E-state index contributed by atoms with van der Waals surface area (Å²) in [6.07, 6.45) is 3.49. The van der Waals surface area contributed by atoms with E-state index in [1.807, 2.05) is 23.1 Å². The molecule has 1 amide bonds. The van der Waals surface area contributed by atoms with E-state index in [2.05, 4.69) is 27.1 Å². The normalized spacial score (nSPS) is 18.0. The van der Waals surface area contributed by atoms with Gasteiger partial charge in [0.15, 0.2) is 0 Å². The Labute approximate surface area is 137 Å². The van der Waals surface area contributed by atoms with Gasteiger partial charge in [-0.25, -0.2) is 4.98 Å². The molecule has 0 radical (unpaired) electrons. The van der Waals surface area contributed by atoms with Crippen LogP contribution in [0, 0.1) is 0 Å². The average Bonchev–Trinajstić information content (AvgIpc) is 3.31. The minimum Gasteiger partial charge on any atom is -0.328 e. The second kappa shape index (κ2) is 5.73. The van der Waals surface area contributed by atoms with Crippen LogP contribution < -0.4 is 0 Å². The number of benzene rings is 1. The largest absolute Gasteiger partial charge is 0.328 e. The van der Waals surface area contributed by atoms with Gasteiger partial charge in [0.25, 0.3) is 5.91 Å². The van der Waals surface area contributed by atoms with Crippen LogP contribution in [0.1, 0.15) is 41.3 Å². The molecule has 3 heterocycles. The van der Waals surface area contributed by atoms with E-state index in [0.717, 1.165) is 54.3 Å². The molecule has 3 aromatic rings. The van der Waals surface area contributed by atoms with E-state index >= 15 is 0 Å². The number of imidazole rings is 1. The molecule has 1 atom stereocenters. The summed E-state index contributed by atoms with van der Waals surface area (Å²) in [5, 5.41) is 3.78. The molecule has 7 heteroatoms. The van der Waals surface area contributed by atoms with Gasteiger partial charge in [0, 0.05) is 13.1 Å². The average molecular weight is 327 g/mol. The van der Waals surface area contributed by atoms with Gasteiger partial charge in [0.05, 0.1) is 23.3 Å². The molecule has 1 aliphatic heterocycles. The topological polar surface area (TPSA) is 63.9 Å². The summed E-state index contributed by atoms with van der Waals surface area (Å²) in [6, 6.07) is 8.17. The predicted molar refractivity (Wildman–Crippen MR) is 88.3 cm³/mol. The Hall–Kier alpha value is -2.28. The van der Waals surface area contributed by atoms with Crippen molar-refractivity contribution in [2.45, 2.75) is 32.4 Å². The fourth-order valence-corrected chi connectivity index (χ4v) is 3.83. The van der Waals surface area contributed by atoms with Crippen LogP contribution in [0.25, 0.3) is 11.0 Å². The van der Waals surface area contributed by atoms with Gasteiger partial charge in [0.1, 0.15) is 10.7 Å². The van der Waals surface area contributed by atoms with E-state index in [9.17, 15) is 4.79 Å². The zero-order chi connectivity index (χ0) is 15.8. The van der Waals surface area contributed by atoms with Crippen molar-refractivity contribution in [2.24, 2.45) is 0 Å². The molecule has 0 bridgehead atoms. The summed E-state index contributed by atoms with van der Waals surface area (Å²) in [7, 11) is 0. The number of para-hydroxylation sites is 2. The Balaban J connectivity index is 1.76. The lowest BCUT2D eigenvalue weighted by Crippen LogP contribution is -2.31. The molecule has 0 unspecified atom stereocenters. The van der Waals surface area contributed by atoms with E-state index in [4.69, 9.17) is 4.98 Å². The lowest BCUT2D eigenvalue weighted by molar-refractivity contribution is 0.0732. The lowest BCUT2D eigenvalue weighted by atomic mass is 10.2. The van der Waals surface area contributed by atoms with Crippen molar-refractivity contribution in [3.8, 4) is 0 Å². The minimum absolute atomic E-state index is 0.0113. The first kappa shape index (κ1) is 14.3. The monoisotopic (exact) mass is 327 g/mol. The maximum absolute atomic E-state index is 12.7. The summed E-state index contributed by atoms with van der Waals surface area (Å²) in [6.45, 7) is 3.72. The van der Waals surface area contributed by atoms with Crippen molar-refractivity contribution in [1.29, 1.82) is 0 Å². The molecule has 2 aromatic heterocycles. The Morgan fingerprint density at radius 3 is 3.04 bits per heavy atom. The highest BCUT2D eigenvalue weighted by Gasteiger charge is 2.34. The Morgan fingerprint density at radius 2 is 2.26 bits per heavy atom. The minimum atomic E-state index is 0.0113. The fraction of sp³-hybridized carbons (Fsp3) is 0.375. The van der Waals surface area contributed by atoms with Gasteiger partial charge in [0.2, 0.25) is 0 Å². The van der Waals surface area contributed by atoms with Crippen LogP contribution in [0.15, 0.2) is 30.5 Å². The highest BCUT2D eigenvalue weighted by molar-refractivity contribution is 7.07. The van der Waals surface area contributed by atoms with Crippen LogP contribution in [0.3, 0.4) is 0 Å². The van der Waals surface area contributed by atoms with Crippen LogP contribution in [-0.4, -0.2) is 36.5 Å². The second-order valence-corrected chi connectivity index (χ2v) is 6.43. The maximum Gasteiger partial charge on any atom is 0.267 e. The summed E-state index contributed by atoms with van der Waals surface area (Å²) >= 11 is 1.15. The molecule has 1 aromatic carbocycles. The number of amides is 1. The zero-order valence-electron chi connectivity index (χ0n) is 12.8. The van der Waals surface area contributed by atoms with Crippen LogP contribution in [0.5, 0.6) is 0 Å². The van der Waals surface area contributed by atoms with E-state index in [-0.39, 0.29) is 11.9 Å². The van der Waals surface area contributed by atoms with Gasteiger partial charge in [-0.15, -0.1) is 5.10 Å². The smallest absolute Gasteiger partial charge is 0.267 e. The number of nitrogens with zero attached hydrogens (tertiary/aromatic N) is 5. The van der Waals surface area contributed by atoms with Crippen molar-refractivity contribution in [2.75, 3.05) is 6.54 Å². The number of carbonyl (C=O) groups excluding carboxylic acids is 1. The number of aromatic nitrogens is 4. The third kappa shape index (κ3) is 2.31. The standard InChI is InChI=1S/C16H17N5OS/c1-2-20-12-7-4-3-6-11(12)18-15(20)13-8-5-9-21(13)16(22)14-10-17-19-23-14/h3-4,6-7,10,13H,2,5,8-9H2,1H3/t13-/m0/s1. The number of likely N-dealkylation sites (tertiary alicyclic amines) is 1. The van der Waals surface area contributed by atoms with E-state index < -0.39 is 0 Å². The maximum atomic E-state index is 12.7. The number of fused-ring (bicyclic) bond motifs is 1.